The van der Waals surface area contributed by atoms with Crippen molar-refractivity contribution in [3.8, 4) is 0 Å². The summed E-state index contributed by atoms with van der Waals surface area (Å²) < 4.78 is 34.9. The number of esters is 2. The highest BCUT2D eigenvalue weighted by atomic mass is 31.2. The van der Waals surface area contributed by atoms with E-state index in [0.717, 1.165) is 77.0 Å². The third-order valence-corrected chi connectivity index (χ3v) is 20.9. The highest BCUT2D eigenvalue weighted by Gasteiger charge is 2.27. The average molecular weight is 1450 g/mol. The van der Waals surface area contributed by atoms with Crippen molar-refractivity contribution in [1.82, 2.24) is 0 Å². The fourth-order valence-corrected chi connectivity index (χ4v) is 14.0. The molecule has 0 radical (unpaired) electrons. The summed E-state index contributed by atoms with van der Waals surface area (Å²) in [5.74, 6) is -0.774. The lowest BCUT2D eigenvalue weighted by Gasteiger charge is -2.24. The Bertz CT molecular complexity index is 2000. The van der Waals surface area contributed by atoms with Crippen molar-refractivity contribution in [2.45, 2.75) is 444 Å². The summed E-state index contributed by atoms with van der Waals surface area (Å²) in [4.78, 5) is 36.1. The zero-order chi connectivity index (χ0) is 74.0. The fourth-order valence-electron chi connectivity index (χ4n) is 13.2. The smallest absolute Gasteiger partial charge is 0.462 e. The van der Waals surface area contributed by atoms with Crippen LogP contribution < -0.4 is 0 Å². The average Bonchev–Trinajstić information content (AvgIpc) is 0.916. The predicted octanol–water partition coefficient (Wildman–Crippen LogP) is 30.0. The number of unbranched alkanes of at least 4 members (excludes halogenated alkanes) is 55. The molecule has 0 aliphatic carbocycles. The van der Waals surface area contributed by atoms with Crippen LogP contribution >= 0.6 is 7.82 Å². The fraction of sp³-hybridized carbons (Fsp3) is 0.826. The Balaban J connectivity index is 3.88. The van der Waals surface area contributed by atoms with E-state index in [1.54, 1.807) is 0 Å². The number of hydrogen-bond acceptors (Lipinski definition) is 7. The molecule has 0 saturated carbocycles. The van der Waals surface area contributed by atoms with Crippen molar-refractivity contribution in [3.63, 3.8) is 0 Å². The number of phosphoric acid groups is 1. The highest BCUT2D eigenvalue weighted by Crippen LogP contribution is 2.43. The molecule has 1 N–H and O–H groups in total. The van der Waals surface area contributed by atoms with Gasteiger partial charge in [0.25, 0.3) is 0 Å². The topological polar surface area (TPSA) is 108 Å². The van der Waals surface area contributed by atoms with Crippen LogP contribution in [0, 0.1) is 0 Å². The van der Waals surface area contributed by atoms with Gasteiger partial charge in [0.2, 0.25) is 0 Å². The number of phosphoric ester groups is 1. The molecule has 2 atom stereocenters. The van der Waals surface area contributed by atoms with E-state index < -0.39 is 26.5 Å². The van der Waals surface area contributed by atoms with Gasteiger partial charge in [-0.15, -0.1) is 0 Å². The number of nitrogens with zero attached hydrogens (tertiary/aromatic N) is 1. The van der Waals surface area contributed by atoms with Crippen molar-refractivity contribution in [3.05, 3.63) is 85.1 Å². The number of ether oxygens (including phenoxy) is 2. The minimum absolute atomic E-state index is 0.0332. The molecule has 2 unspecified atom stereocenters. The van der Waals surface area contributed by atoms with E-state index in [0.29, 0.717) is 23.9 Å². The number of quaternary nitrogens is 1. The van der Waals surface area contributed by atoms with E-state index in [9.17, 15) is 19.0 Å². The first-order valence-electron chi connectivity index (χ1n) is 44.3. The Morgan fingerprint density at radius 1 is 0.314 bits per heavy atom. The molecule has 0 aliphatic heterocycles. The van der Waals surface area contributed by atoms with Gasteiger partial charge in [-0.3, -0.25) is 18.6 Å². The summed E-state index contributed by atoms with van der Waals surface area (Å²) in [5, 5.41) is 0. The zero-order valence-corrected chi connectivity index (χ0v) is 69.3. The SMILES string of the molecule is CC/C=C\C/C=C\C/C=C\C/C=C\C/C=C\C/C=C\C/C=C\CCCCCCCCCCCCCCCCCCCCCC(=O)OC(COC(=O)CCCCCCCCCCCCCCCCCCCCCCCCCCCCCCCCCCCCCCC)COP(=O)(O)OCC[N+](C)(C)C. The van der Waals surface area contributed by atoms with Crippen LogP contribution in [0.15, 0.2) is 85.1 Å². The van der Waals surface area contributed by atoms with Gasteiger partial charge in [0, 0.05) is 12.8 Å². The van der Waals surface area contributed by atoms with Crippen LogP contribution in [0.4, 0.5) is 0 Å². The molecule has 0 heterocycles. The third kappa shape index (κ3) is 86.1. The maximum Gasteiger partial charge on any atom is 0.472 e. The molecule has 0 aromatic carbocycles. The second-order valence-electron chi connectivity index (χ2n) is 31.3. The molecule has 102 heavy (non-hydrogen) atoms. The summed E-state index contributed by atoms with van der Waals surface area (Å²) >= 11 is 0. The van der Waals surface area contributed by atoms with Crippen LogP contribution in [0.3, 0.4) is 0 Å². The first kappa shape index (κ1) is 99.2. The maximum atomic E-state index is 12.9. The molecule has 0 aromatic heterocycles. The standard InChI is InChI=1S/C92H170NO8P/c1-6-8-10-12-14-16-18-20-22-24-26-28-30-32-34-36-38-40-42-44-45-46-47-49-51-53-55-57-59-61-63-65-67-69-71-73-75-77-79-81-83-85-92(95)101-90(89-100-102(96,97)99-87-86-93(3,4)5)88-98-91(94)84-82-80-78-76-74-72-70-68-66-64-62-60-58-56-54-52-50-48-43-41-39-37-35-33-31-29-27-25-23-21-19-17-15-13-11-9-7-2/h8,10,14,16,20,22,26,28,32,34,38,40,44-45,90H,6-7,9,11-13,15,17-19,21,23-25,27,29-31,33,35-37,39,41-43,46-89H2,1-5H3/p+1/b10-8-,16-14-,22-20-,28-26-,34-32-,40-38-,45-44-. The summed E-state index contributed by atoms with van der Waals surface area (Å²) in [5.41, 5.74) is 0. The van der Waals surface area contributed by atoms with Gasteiger partial charge in [-0.25, -0.2) is 4.57 Å². The zero-order valence-electron chi connectivity index (χ0n) is 68.4. The molecule has 0 aromatic rings. The van der Waals surface area contributed by atoms with Gasteiger partial charge in [-0.2, -0.15) is 0 Å². The number of carbonyl (C=O) groups is 2. The molecular weight excluding hydrogens is 1280 g/mol. The quantitative estimate of drug-likeness (QED) is 0.0211. The van der Waals surface area contributed by atoms with Gasteiger partial charge < -0.3 is 18.9 Å². The molecule has 0 fully saturated rings. The Labute approximate surface area is 634 Å². The monoisotopic (exact) mass is 1450 g/mol. The van der Waals surface area contributed by atoms with Gasteiger partial charge in [0.15, 0.2) is 6.10 Å². The first-order chi connectivity index (χ1) is 50.0. The van der Waals surface area contributed by atoms with Gasteiger partial charge in [-0.1, -0.05) is 439 Å². The van der Waals surface area contributed by atoms with Crippen LogP contribution in [0.5, 0.6) is 0 Å². The summed E-state index contributed by atoms with van der Waals surface area (Å²) in [6, 6.07) is 0. The van der Waals surface area contributed by atoms with Crippen LogP contribution in [0.25, 0.3) is 0 Å². The normalized spacial score (nSPS) is 13.4. The second-order valence-corrected chi connectivity index (χ2v) is 32.7. The van der Waals surface area contributed by atoms with Crippen LogP contribution in [-0.2, 0) is 32.7 Å². The molecule has 0 amide bonds. The van der Waals surface area contributed by atoms with Gasteiger partial charge >= 0.3 is 19.8 Å². The minimum atomic E-state index is -4.40. The summed E-state index contributed by atoms with van der Waals surface area (Å²) in [6.07, 6.45) is 115. The van der Waals surface area contributed by atoms with Crippen molar-refractivity contribution < 1.29 is 42.1 Å². The largest absolute Gasteiger partial charge is 0.472 e. The number of hydrogen-bond donors (Lipinski definition) is 1. The van der Waals surface area contributed by atoms with Gasteiger partial charge in [0.05, 0.1) is 27.7 Å². The number of rotatable bonds is 83. The van der Waals surface area contributed by atoms with Crippen molar-refractivity contribution >= 4 is 19.8 Å². The summed E-state index contributed by atoms with van der Waals surface area (Å²) in [6.45, 7) is 4.40. The number of likely N-dealkylation sites (N-methyl/N-ethyl adjacent to an activating group) is 1. The van der Waals surface area contributed by atoms with E-state index in [4.69, 9.17) is 18.5 Å². The highest BCUT2D eigenvalue weighted by molar-refractivity contribution is 7.47. The van der Waals surface area contributed by atoms with E-state index in [1.165, 1.54) is 327 Å². The van der Waals surface area contributed by atoms with E-state index in [1.807, 2.05) is 21.1 Å². The van der Waals surface area contributed by atoms with Crippen LogP contribution in [-0.4, -0.2) is 74.9 Å². The maximum absolute atomic E-state index is 12.9. The molecule has 0 rings (SSSR count). The van der Waals surface area contributed by atoms with E-state index >= 15 is 0 Å². The minimum Gasteiger partial charge on any atom is -0.462 e. The Kier molecular flexibility index (Phi) is 80.0. The van der Waals surface area contributed by atoms with Crippen LogP contribution in [0.1, 0.15) is 438 Å². The number of allylic oxidation sites excluding steroid dienone is 14. The number of carbonyl (C=O) groups excluding carboxylic acids is 2. The molecule has 596 valence electrons. The van der Waals surface area contributed by atoms with Gasteiger partial charge in [-0.05, 0) is 70.6 Å². The lowest BCUT2D eigenvalue weighted by molar-refractivity contribution is -0.870. The predicted molar refractivity (Wildman–Crippen MR) is 446 cm³/mol. The molecule has 10 heteroatoms. The molecule has 0 saturated heterocycles. The molecule has 0 bridgehead atoms. The first-order valence-corrected chi connectivity index (χ1v) is 45.8. The van der Waals surface area contributed by atoms with Gasteiger partial charge in [0.1, 0.15) is 19.8 Å². The Morgan fingerprint density at radius 2 is 0.559 bits per heavy atom. The lowest BCUT2D eigenvalue weighted by Crippen LogP contribution is -2.37. The third-order valence-electron chi connectivity index (χ3n) is 19.9. The van der Waals surface area contributed by atoms with Crippen molar-refractivity contribution in [1.29, 1.82) is 0 Å². The molecular formula is C92H171NO8P+. The van der Waals surface area contributed by atoms with Crippen molar-refractivity contribution in [2.24, 2.45) is 0 Å². The Morgan fingerprint density at radius 3 is 0.833 bits per heavy atom. The molecule has 0 spiro atoms. The molecule has 9 nitrogen and oxygen atoms in total. The Hall–Kier alpha value is -2.81. The second kappa shape index (κ2) is 82.3. The lowest BCUT2D eigenvalue weighted by atomic mass is 10.0. The summed E-state index contributed by atoms with van der Waals surface area (Å²) in [7, 11) is 1.50. The van der Waals surface area contributed by atoms with E-state index in [2.05, 4.69) is 98.9 Å². The van der Waals surface area contributed by atoms with Crippen LogP contribution in [0.2, 0.25) is 0 Å². The van der Waals surface area contributed by atoms with E-state index in [-0.39, 0.29) is 25.6 Å². The van der Waals surface area contributed by atoms with Crippen molar-refractivity contribution in [2.75, 3.05) is 47.5 Å². The molecule has 0 aliphatic rings.